The fourth-order valence-electron chi connectivity index (χ4n) is 7.05. The lowest BCUT2D eigenvalue weighted by Gasteiger charge is -2.18. The number of carbonyl (C=O) groups excluding carboxylic acids is 2. The van der Waals surface area contributed by atoms with Crippen LogP contribution in [-0.4, -0.2) is 37.9 Å². The van der Waals surface area contributed by atoms with Gasteiger partial charge in [-0.05, 0) is 89.9 Å². The summed E-state index contributed by atoms with van der Waals surface area (Å²) in [4.78, 5) is 25.3. The Hall–Kier alpha value is -2.92. The molecular weight excluding hydrogens is 765 g/mol. The Bertz CT molecular complexity index is 1160. The summed E-state index contributed by atoms with van der Waals surface area (Å²) in [5.41, 5.74) is 0. The van der Waals surface area contributed by atoms with Gasteiger partial charge in [0.2, 0.25) is 0 Å². The highest BCUT2D eigenvalue weighted by atomic mass is 16.6. The summed E-state index contributed by atoms with van der Waals surface area (Å²) < 4.78 is 17.3. The van der Waals surface area contributed by atoms with Gasteiger partial charge in [0.25, 0.3) is 0 Å². The van der Waals surface area contributed by atoms with Gasteiger partial charge in [-0.3, -0.25) is 9.59 Å². The molecule has 0 amide bonds. The number of allylic oxidation sites excluding steroid dienone is 14. The van der Waals surface area contributed by atoms with E-state index in [-0.39, 0.29) is 25.2 Å². The first-order valence-electron chi connectivity index (χ1n) is 26.1. The van der Waals surface area contributed by atoms with Gasteiger partial charge in [0.1, 0.15) is 6.61 Å². The average molecular weight is 863 g/mol. The van der Waals surface area contributed by atoms with Crippen LogP contribution >= 0.6 is 0 Å². The van der Waals surface area contributed by atoms with Crippen molar-refractivity contribution in [3.05, 3.63) is 85.1 Å². The number of ether oxygens (including phenoxy) is 3. The predicted molar refractivity (Wildman–Crippen MR) is 270 cm³/mol. The molecule has 0 aliphatic heterocycles. The van der Waals surface area contributed by atoms with Gasteiger partial charge < -0.3 is 14.2 Å². The molecule has 0 saturated carbocycles. The maximum atomic E-state index is 12.7. The monoisotopic (exact) mass is 863 g/mol. The SMILES string of the molecule is CC/C=C\C/C=C\C/C=C\C/C=C\C/C=C\CCCC(=O)OCC(COCCCCCCCCCCCC/C=C\C/C=C\CCCCC)OC(=O)CCCCCCCCCCC. The van der Waals surface area contributed by atoms with Gasteiger partial charge in [-0.2, -0.15) is 0 Å². The lowest BCUT2D eigenvalue weighted by molar-refractivity contribution is -0.163. The Morgan fingerprint density at radius 1 is 0.371 bits per heavy atom. The Labute approximate surface area is 384 Å². The van der Waals surface area contributed by atoms with Crippen LogP contribution in [0.2, 0.25) is 0 Å². The second kappa shape index (κ2) is 52.4. The van der Waals surface area contributed by atoms with Gasteiger partial charge in [-0.25, -0.2) is 0 Å². The standard InChI is InChI=1S/C57H98O5/c1-4-7-10-13-16-19-21-23-25-27-28-29-31-33-35-37-40-43-46-49-52-60-53-55(62-57(59)51-48-45-42-38-18-15-12-9-6-3)54-61-56(58)50-47-44-41-39-36-34-32-30-26-24-22-20-17-14-11-8-5-2/h8,11,16-17,19-20,23-26,32,34,39,41,55H,4-7,9-10,12-15,18,21-22,27-31,33,35-38,40,42-54H2,1-3H3/b11-8-,19-16-,20-17-,25-23-,26-24-,34-32-,41-39-. The van der Waals surface area contributed by atoms with Gasteiger partial charge in [-0.15, -0.1) is 0 Å². The van der Waals surface area contributed by atoms with Crippen molar-refractivity contribution in [3.8, 4) is 0 Å². The molecule has 1 atom stereocenters. The van der Waals surface area contributed by atoms with Crippen LogP contribution in [0.3, 0.4) is 0 Å². The molecule has 5 nitrogen and oxygen atoms in total. The van der Waals surface area contributed by atoms with E-state index in [1.165, 1.54) is 128 Å². The highest BCUT2D eigenvalue weighted by Crippen LogP contribution is 2.14. The van der Waals surface area contributed by atoms with Crippen LogP contribution in [0, 0.1) is 0 Å². The largest absolute Gasteiger partial charge is 0.462 e. The van der Waals surface area contributed by atoms with Crippen molar-refractivity contribution in [1.82, 2.24) is 0 Å². The average Bonchev–Trinajstić information content (AvgIpc) is 3.27. The Balaban J connectivity index is 4.26. The molecule has 1 unspecified atom stereocenters. The van der Waals surface area contributed by atoms with Crippen molar-refractivity contribution in [2.45, 2.75) is 245 Å². The lowest BCUT2D eigenvalue weighted by atomic mass is 10.1. The summed E-state index contributed by atoms with van der Waals surface area (Å²) in [6.07, 6.45) is 68.9. The highest BCUT2D eigenvalue weighted by Gasteiger charge is 2.17. The van der Waals surface area contributed by atoms with Crippen molar-refractivity contribution in [2.24, 2.45) is 0 Å². The maximum absolute atomic E-state index is 12.7. The summed E-state index contributed by atoms with van der Waals surface area (Å²) in [6, 6.07) is 0. The summed E-state index contributed by atoms with van der Waals surface area (Å²) >= 11 is 0. The number of esters is 2. The third-order valence-electron chi connectivity index (χ3n) is 10.9. The molecule has 0 heterocycles. The molecule has 0 rings (SSSR count). The predicted octanol–water partition coefficient (Wildman–Crippen LogP) is 17.7. The molecule has 0 aromatic heterocycles. The van der Waals surface area contributed by atoms with E-state index in [2.05, 4.69) is 106 Å². The smallest absolute Gasteiger partial charge is 0.306 e. The Morgan fingerprint density at radius 2 is 0.742 bits per heavy atom. The minimum Gasteiger partial charge on any atom is -0.462 e. The van der Waals surface area contributed by atoms with Crippen molar-refractivity contribution in [2.75, 3.05) is 19.8 Å². The zero-order chi connectivity index (χ0) is 44.9. The van der Waals surface area contributed by atoms with E-state index in [0.717, 1.165) is 77.0 Å². The van der Waals surface area contributed by atoms with Gasteiger partial charge in [0.15, 0.2) is 6.10 Å². The zero-order valence-electron chi connectivity index (χ0n) is 40.9. The van der Waals surface area contributed by atoms with E-state index in [9.17, 15) is 9.59 Å². The molecule has 0 bridgehead atoms. The van der Waals surface area contributed by atoms with Gasteiger partial charge in [0.05, 0.1) is 6.61 Å². The first kappa shape index (κ1) is 59.1. The second-order valence-corrected chi connectivity index (χ2v) is 17.0. The summed E-state index contributed by atoms with van der Waals surface area (Å²) in [5, 5.41) is 0. The van der Waals surface area contributed by atoms with Crippen molar-refractivity contribution < 1.29 is 23.8 Å². The van der Waals surface area contributed by atoms with Crippen LogP contribution < -0.4 is 0 Å². The van der Waals surface area contributed by atoms with E-state index >= 15 is 0 Å². The molecule has 0 aromatic carbocycles. The molecule has 0 aromatic rings. The number of carbonyl (C=O) groups is 2. The van der Waals surface area contributed by atoms with Gasteiger partial charge in [-0.1, -0.05) is 221 Å². The number of rotatable bonds is 47. The van der Waals surface area contributed by atoms with E-state index < -0.39 is 6.10 Å². The first-order chi connectivity index (χ1) is 30.6. The number of hydrogen-bond donors (Lipinski definition) is 0. The molecule has 0 radical (unpaired) electrons. The number of hydrogen-bond acceptors (Lipinski definition) is 5. The normalized spacial score (nSPS) is 12.9. The van der Waals surface area contributed by atoms with Gasteiger partial charge in [0, 0.05) is 19.4 Å². The summed E-state index contributed by atoms with van der Waals surface area (Å²) in [7, 11) is 0. The van der Waals surface area contributed by atoms with E-state index in [1.807, 2.05) is 0 Å². The minimum atomic E-state index is -0.561. The van der Waals surface area contributed by atoms with E-state index in [1.54, 1.807) is 0 Å². The van der Waals surface area contributed by atoms with Crippen LogP contribution in [0.4, 0.5) is 0 Å². The summed E-state index contributed by atoms with van der Waals surface area (Å²) in [6.45, 7) is 7.61. The van der Waals surface area contributed by atoms with Crippen LogP contribution in [-0.2, 0) is 23.8 Å². The molecular formula is C57H98O5. The first-order valence-corrected chi connectivity index (χ1v) is 26.1. The van der Waals surface area contributed by atoms with Crippen LogP contribution in [0.1, 0.15) is 239 Å². The molecule has 0 aliphatic rings. The Kier molecular flexibility index (Phi) is 50.0. The van der Waals surface area contributed by atoms with Crippen LogP contribution in [0.15, 0.2) is 85.1 Å². The van der Waals surface area contributed by atoms with Crippen LogP contribution in [0.5, 0.6) is 0 Å². The molecule has 356 valence electrons. The third kappa shape index (κ3) is 49.7. The van der Waals surface area contributed by atoms with Crippen molar-refractivity contribution >= 4 is 11.9 Å². The molecule has 0 spiro atoms. The summed E-state index contributed by atoms with van der Waals surface area (Å²) in [5.74, 6) is -0.467. The number of unbranched alkanes of at least 4 members (excludes halogenated alkanes) is 22. The molecule has 0 aliphatic carbocycles. The third-order valence-corrected chi connectivity index (χ3v) is 10.9. The maximum Gasteiger partial charge on any atom is 0.306 e. The Morgan fingerprint density at radius 3 is 1.24 bits per heavy atom. The fraction of sp³-hybridized carbons (Fsp3) is 0.719. The second-order valence-electron chi connectivity index (χ2n) is 17.0. The fourth-order valence-corrected chi connectivity index (χ4v) is 7.05. The topological polar surface area (TPSA) is 61.8 Å². The zero-order valence-corrected chi connectivity index (χ0v) is 40.9. The van der Waals surface area contributed by atoms with Crippen LogP contribution in [0.25, 0.3) is 0 Å². The van der Waals surface area contributed by atoms with Crippen molar-refractivity contribution in [3.63, 3.8) is 0 Å². The molecule has 62 heavy (non-hydrogen) atoms. The highest BCUT2D eigenvalue weighted by molar-refractivity contribution is 5.70. The molecule has 0 saturated heterocycles. The van der Waals surface area contributed by atoms with Crippen molar-refractivity contribution in [1.29, 1.82) is 0 Å². The quantitative estimate of drug-likeness (QED) is 0.0346. The molecule has 5 heteroatoms. The van der Waals surface area contributed by atoms with Gasteiger partial charge >= 0.3 is 11.9 Å². The minimum absolute atomic E-state index is 0.0531. The van der Waals surface area contributed by atoms with E-state index in [0.29, 0.717) is 19.4 Å². The lowest BCUT2D eigenvalue weighted by Crippen LogP contribution is -2.30. The molecule has 0 N–H and O–H groups in total. The van der Waals surface area contributed by atoms with E-state index in [4.69, 9.17) is 14.2 Å². The molecule has 0 fully saturated rings.